The van der Waals surface area contributed by atoms with Crippen molar-refractivity contribution in [3.63, 3.8) is 0 Å². The predicted molar refractivity (Wildman–Crippen MR) is 62.9 cm³/mol. The molecule has 0 fully saturated rings. The Kier molecular flexibility index (Phi) is 7.70. The van der Waals surface area contributed by atoms with Crippen LogP contribution in [0.5, 0.6) is 0 Å². The standard InChI is InChI=1S/C10H20N4O3/c1-7(2)5-13-8(15)6-14-10(17)9(16)12-4-3-11/h7H,3-6,11H2,1-2H3,(H,12,16)(H,13,15)(H,14,17). The molecule has 17 heavy (non-hydrogen) atoms. The van der Waals surface area contributed by atoms with E-state index in [9.17, 15) is 14.4 Å². The molecule has 0 saturated heterocycles. The van der Waals surface area contributed by atoms with E-state index in [4.69, 9.17) is 5.73 Å². The van der Waals surface area contributed by atoms with Gasteiger partial charge in [0.1, 0.15) is 0 Å². The van der Waals surface area contributed by atoms with Gasteiger partial charge >= 0.3 is 11.8 Å². The van der Waals surface area contributed by atoms with Crippen LogP contribution < -0.4 is 21.7 Å². The summed E-state index contributed by atoms with van der Waals surface area (Å²) in [4.78, 5) is 33.4. The van der Waals surface area contributed by atoms with Crippen molar-refractivity contribution < 1.29 is 14.4 Å². The lowest BCUT2D eigenvalue weighted by atomic mass is 10.2. The first kappa shape index (κ1) is 15.4. The summed E-state index contributed by atoms with van der Waals surface area (Å²) in [5.41, 5.74) is 5.16. The van der Waals surface area contributed by atoms with Crippen molar-refractivity contribution >= 4 is 17.7 Å². The number of hydrogen-bond donors (Lipinski definition) is 4. The second-order valence-electron chi connectivity index (χ2n) is 3.93. The molecule has 0 saturated carbocycles. The molecular formula is C10H20N4O3. The van der Waals surface area contributed by atoms with Crippen molar-refractivity contribution in [2.45, 2.75) is 13.8 Å². The van der Waals surface area contributed by atoms with E-state index < -0.39 is 11.8 Å². The molecule has 3 amide bonds. The van der Waals surface area contributed by atoms with Gasteiger partial charge in [-0.3, -0.25) is 14.4 Å². The average molecular weight is 244 g/mol. The van der Waals surface area contributed by atoms with E-state index in [2.05, 4.69) is 16.0 Å². The Balaban J connectivity index is 3.75. The lowest BCUT2D eigenvalue weighted by molar-refractivity contribution is -0.139. The smallest absolute Gasteiger partial charge is 0.309 e. The van der Waals surface area contributed by atoms with Gasteiger partial charge in [0.2, 0.25) is 5.91 Å². The van der Waals surface area contributed by atoms with Crippen molar-refractivity contribution in [2.24, 2.45) is 11.7 Å². The Labute approximate surface area is 100 Å². The zero-order valence-corrected chi connectivity index (χ0v) is 10.2. The van der Waals surface area contributed by atoms with E-state index in [1.54, 1.807) is 0 Å². The zero-order valence-electron chi connectivity index (χ0n) is 10.2. The normalized spacial score (nSPS) is 9.88. The molecule has 7 heteroatoms. The highest BCUT2D eigenvalue weighted by Crippen LogP contribution is 1.86. The molecule has 7 nitrogen and oxygen atoms in total. The van der Waals surface area contributed by atoms with Gasteiger partial charge in [-0.2, -0.15) is 0 Å². The fourth-order valence-corrected chi connectivity index (χ4v) is 0.887. The Morgan fingerprint density at radius 2 is 1.65 bits per heavy atom. The first-order valence-electron chi connectivity index (χ1n) is 5.50. The van der Waals surface area contributed by atoms with Crippen LogP contribution in [-0.2, 0) is 14.4 Å². The summed E-state index contributed by atoms with van der Waals surface area (Å²) in [6.45, 7) is 4.73. The fourth-order valence-electron chi connectivity index (χ4n) is 0.887. The molecule has 0 spiro atoms. The summed E-state index contributed by atoms with van der Waals surface area (Å²) < 4.78 is 0. The highest BCUT2D eigenvalue weighted by Gasteiger charge is 2.13. The van der Waals surface area contributed by atoms with Crippen LogP contribution in [0.1, 0.15) is 13.8 Å². The molecule has 0 atom stereocenters. The number of carbonyl (C=O) groups excluding carboxylic acids is 3. The first-order chi connectivity index (χ1) is 7.97. The van der Waals surface area contributed by atoms with Crippen LogP contribution in [0.15, 0.2) is 0 Å². The summed E-state index contributed by atoms with van der Waals surface area (Å²) >= 11 is 0. The Morgan fingerprint density at radius 1 is 1.06 bits per heavy atom. The van der Waals surface area contributed by atoms with Crippen molar-refractivity contribution in [3.05, 3.63) is 0 Å². The third-order valence-electron chi connectivity index (χ3n) is 1.75. The summed E-state index contributed by atoms with van der Waals surface area (Å²) in [6.07, 6.45) is 0. The second kappa shape index (κ2) is 8.51. The van der Waals surface area contributed by atoms with Crippen LogP contribution in [0.25, 0.3) is 0 Å². The van der Waals surface area contributed by atoms with Gasteiger partial charge in [-0.05, 0) is 5.92 Å². The number of nitrogens with two attached hydrogens (primary N) is 1. The number of amides is 3. The Morgan fingerprint density at radius 3 is 2.18 bits per heavy atom. The van der Waals surface area contributed by atoms with Crippen molar-refractivity contribution in [3.8, 4) is 0 Å². The van der Waals surface area contributed by atoms with Crippen LogP contribution >= 0.6 is 0 Å². The van der Waals surface area contributed by atoms with Gasteiger partial charge in [0.05, 0.1) is 6.54 Å². The largest absolute Gasteiger partial charge is 0.354 e. The zero-order chi connectivity index (χ0) is 13.3. The molecule has 5 N–H and O–H groups in total. The van der Waals surface area contributed by atoms with Gasteiger partial charge in [0.25, 0.3) is 0 Å². The van der Waals surface area contributed by atoms with Crippen molar-refractivity contribution in [2.75, 3.05) is 26.2 Å². The highest BCUT2D eigenvalue weighted by molar-refractivity contribution is 6.35. The average Bonchev–Trinajstić information content (AvgIpc) is 2.30. The highest BCUT2D eigenvalue weighted by atomic mass is 16.2. The Hall–Kier alpha value is -1.63. The second-order valence-corrected chi connectivity index (χ2v) is 3.93. The topological polar surface area (TPSA) is 113 Å². The third kappa shape index (κ3) is 8.21. The van der Waals surface area contributed by atoms with E-state index in [1.165, 1.54) is 0 Å². The summed E-state index contributed by atoms with van der Waals surface area (Å²) in [5, 5.41) is 7.12. The minimum absolute atomic E-state index is 0.207. The van der Waals surface area contributed by atoms with Crippen molar-refractivity contribution in [1.29, 1.82) is 0 Å². The molecule has 98 valence electrons. The lowest BCUT2D eigenvalue weighted by Crippen LogP contribution is -2.45. The van der Waals surface area contributed by atoms with Crippen LogP contribution in [0.3, 0.4) is 0 Å². The Bertz CT molecular complexity index is 279. The van der Waals surface area contributed by atoms with E-state index in [0.29, 0.717) is 12.5 Å². The van der Waals surface area contributed by atoms with E-state index in [1.807, 2.05) is 13.8 Å². The van der Waals surface area contributed by atoms with Crippen LogP contribution in [-0.4, -0.2) is 43.9 Å². The fraction of sp³-hybridized carbons (Fsp3) is 0.700. The monoisotopic (exact) mass is 244 g/mol. The minimum atomic E-state index is -0.835. The quantitative estimate of drug-likeness (QED) is 0.403. The summed E-state index contributed by atoms with van der Waals surface area (Å²) in [5.74, 6) is -1.61. The summed E-state index contributed by atoms with van der Waals surface area (Å²) in [6, 6.07) is 0. The number of rotatable bonds is 6. The minimum Gasteiger partial charge on any atom is -0.354 e. The molecule has 0 heterocycles. The van der Waals surface area contributed by atoms with Gasteiger partial charge in [0, 0.05) is 19.6 Å². The number of hydrogen-bond acceptors (Lipinski definition) is 4. The SMILES string of the molecule is CC(C)CNC(=O)CNC(=O)C(=O)NCCN. The molecule has 0 rings (SSSR count). The van der Waals surface area contributed by atoms with E-state index >= 15 is 0 Å². The maximum Gasteiger partial charge on any atom is 0.309 e. The maximum atomic E-state index is 11.2. The van der Waals surface area contributed by atoms with Gasteiger partial charge in [-0.15, -0.1) is 0 Å². The van der Waals surface area contributed by atoms with Gasteiger partial charge in [-0.25, -0.2) is 0 Å². The predicted octanol–water partition coefficient (Wildman–Crippen LogP) is -2.05. The van der Waals surface area contributed by atoms with E-state index in [0.717, 1.165) is 0 Å². The van der Waals surface area contributed by atoms with Crippen LogP contribution in [0.2, 0.25) is 0 Å². The molecule has 0 aliphatic heterocycles. The number of nitrogens with one attached hydrogen (secondary N) is 3. The molecule has 0 radical (unpaired) electrons. The molecule has 0 aliphatic carbocycles. The third-order valence-corrected chi connectivity index (χ3v) is 1.75. The maximum absolute atomic E-state index is 11.2. The first-order valence-corrected chi connectivity index (χ1v) is 5.50. The molecule has 0 aromatic rings. The molecule has 0 aromatic heterocycles. The molecule has 0 bridgehead atoms. The van der Waals surface area contributed by atoms with Crippen LogP contribution in [0.4, 0.5) is 0 Å². The van der Waals surface area contributed by atoms with Gasteiger partial charge in [-0.1, -0.05) is 13.8 Å². The summed E-state index contributed by atoms with van der Waals surface area (Å²) in [7, 11) is 0. The van der Waals surface area contributed by atoms with Gasteiger partial charge in [0.15, 0.2) is 0 Å². The van der Waals surface area contributed by atoms with E-state index in [-0.39, 0.29) is 25.5 Å². The molecule has 0 aromatic carbocycles. The van der Waals surface area contributed by atoms with Crippen molar-refractivity contribution in [1.82, 2.24) is 16.0 Å². The molecular weight excluding hydrogens is 224 g/mol. The molecule has 0 aliphatic rings. The lowest BCUT2D eigenvalue weighted by Gasteiger charge is -2.08. The molecule has 0 unspecified atom stereocenters. The number of carbonyl (C=O) groups is 3. The van der Waals surface area contributed by atoms with Crippen LogP contribution in [0, 0.1) is 5.92 Å². The van der Waals surface area contributed by atoms with Gasteiger partial charge < -0.3 is 21.7 Å².